The number of hydrogen-bond donors (Lipinski definition) is 2. The van der Waals surface area contributed by atoms with Crippen LogP contribution in [0.1, 0.15) is 23.5 Å². The summed E-state index contributed by atoms with van der Waals surface area (Å²) in [6, 6.07) is 0. The Labute approximate surface area is 136 Å². The second-order valence-electron chi connectivity index (χ2n) is 5.54. The third kappa shape index (κ3) is 3.26. The summed E-state index contributed by atoms with van der Waals surface area (Å²) >= 11 is 1.41. The highest BCUT2D eigenvalue weighted by molar-refractivity contribution is 7.60. The molecule has 0 spiro atoms. The molecule has 2 aromatic rings. The van der Waals surface area contributed by atoms with Crippen molar-refractivity contribution >= 4 is 30.2 Å². The van der Waals surface area contributed by atoms with Crippen LogP contribution >= 0.6 is 18.9 Å². The molecule has 0 aromatic carbocycles. The number of hydrogen-bond acceptors (Lipinski definition) is 6. The number of rotatable bonds is 4. The summed E-state index contributed by atoms with van der Waals surface area (Å²) in [5, 5.41) is 2.49. The van der Waals surface area contributed by atoms with Crippen LogP contribution in [0.3, 0.4) is 0 Å². The molecule has 0 aliphatic carbocycles. The van der Waals surface area contributed by atoms with Crippen molar-refractivity contribution in [1.29, 1.82) is 0 Å². The Bertz CT molecular complexity index is 804. The Hall–Kier alpha value is -1.47. The van der Waals surface area contributed by atoms with Crippen LogP contribution in [-0.2, 0) is 26.9 Å². The highest BCUT2D eigenvalue weighted by atomic mass is 32.1. The van der Waals surface area contributed by atoms with Crippen LogP contribution in [-0.4, -0.2) is 27.3 Å². The SMILES string of the molecule is CC(=O)OCC1Cc2oc(c(P(=O)(O)O)c2-c2csc(C)n2)C1. The molecular weight excluding hydrogens is 341 g/mol. The lowest BCUT2D eigenvalue weighted by atomic mass is 9.99. The predicted molar refractivity (Wildman–Crippen MR) is 83.8 cm³/mol. The van der Waals surface area contributed by atoms with E-state index >= 15 is 0 Å². The minimum Gasteiger partial charge on any atom is -0.466 e. The van der Waals surface area contributed by atoms with Gasteiger partial charge in [0.15, 0.2) is 0 Å². The monoisotopic (exact) mass is 357 g/mol. The Morgan fingerprint density at radius 1 is 1.48 bits per heavy atom. The molecule has 0 saturated carbocycles. The van der Waals surface area contributed by atoms with Gasteiger partial charge in [-0.1, -0.05) is 0 Å². The van der Waals surface area contributed by atoms with Gasteiger partial charge >= 0.3 is 13.6 Å². The number of esters is 1. The van der Waals surface area contributed by atoms with Crippen LogP contribution in [0.5, 0.6) is 0 Å². The second-order valence-corrected chi connectivity index (χ2v) is 8.14. The van der Waals surface area contributed by atoms with Crippen molar-refractivity contribution in [3.8, 4) is 11.3 Å². The number of furan rings is 1. The summed E-state index contributed by atoms with van der Waals surface area (Å²) in [6.07, 6.45) is 0.774. The highest BCUT2D eigenvalue weighted by Crippen LogP contribution is 2.45. The molecule has 2 N–H and O–H groups in total. The minimum atomic E-state index is -4.51. The highest BCUT2D eigenvalue weighted by Gasteiger charge is 2.38. The zero-order valence-corrected chi connectivity index (χ0v) is 14.3. The minimum absolute atomic E-state index is 0.0589. The number of thiazole rings is 1. The summed E-state index contributed by atoms with van der Waals surface area (Å²) < 4.78 is 22.6. The van der Waals surface area contributed by atoms with Gasteiger partial charge in [0.2, 0.25) is 0 Å². The lowest BCUT2D eigenvalue weighted by Crippen LogP contribution is -2.20. The molecule has 0 saturated heterocycles. The molecule has 7 nitrogen and oxygen atoms in total. The molecule has 1 aliphatic heterocycles. The van der Waals surface area contributed by atoms with Gasteiger partial charge < -0.3 is 18.9 Å². The molecule has 0 fully saturated rings. The van der Waals surface area contributed by atoms with Gasteiger partial charge in [-0.15, -0.1) is 11.3 Å². The summed E-state index contributed by atoms with van der Waals surface area (Å²) in [5.41, 5.74) is 0.909. The molecule has 124 valence electrons. The first-order valence-electron chi connectivity index (χ1n) is 7.02. The van der Waals surface area contributed by atoms with E-state index in [9.17, 15) is 19.1 Å². The number of aromatic nitrogens is 1. The number of fused-ring (bicyclic) bond motifs is 2. The van der Waals surface area contributed by atoms with Crippen LogP contribution in [0.25, 0.3) is 11.3 Å². The van der Waals surface area contributed by atoms with Crippen molar-refractivity contribution in [2.75, 3.05) is 6.61 Å². The van der Waals surface area contributed by atoms with Crippen molar-refractivity contribution in [1.82, 2.24) is 4.98 Å². The van der Waals surface area contributed by atoms with Crippen molar-refractivity contribution in [2.45, 2.75) is 26.7 Å². The Balaban J connectivity index is 2.03. The maximum absolute atomic E-state index is 12.0. The Morgan fingerprint density at radius 3 is 2.74 bits per heavy atom. The molecule has 9 heteroatoms. The largest absolute Gasteiger partial charge is 0.466 e. The van der Waals surface area contributed by atoms with Crippen molar-refractivity contribution in [3.05, 3.63) is 21.9 Å². The molecule has 3 rings (SSSR count). The maximum atomic E-state index is 12.0. The summed E-state index contributed by atoms with van der Waals surface area (Å²) in [5.74, 6) is 0.318. The van der Waals surface area contributed by atoms with Gasteiger partial charge in [0, 0.05) is 31.1 Å². The van der Waals surface area contributed by atoms with Crippen molar-refractivity contribution in [2.24, 2.45) is 5.92 Å². The fourth-order valence-corrected chi connectivity index (χ4v) is 4.40. The van der Waals surface area contributed by atoms with Crippen molar-refractivity contribution < 1.29 is 28.3 Å². The molecule has 1 atom stereocenters. The number of carbonyl (C=O) groups is 1. The van der Waals surface area contributed by atoms with Crippen LogP contribution in [0.4, 0.5) is 0 Å². The molecular formula is C14H16NO6PS. The lowest BCUT2D eigenvalue weighted by molar-refractivity contribution is -0.142. The van der Waals surface area contributed by atoms with Gasteiger partial charge in [-0.3, -0.25) is 9.36 Å². The standard InChI is InChI=1S/C14H16NO6PS/c1-7-15-10(6-23-7)13-11-3-9(5-20-8(2)16)4-12(21-11)14(13)22(17,18)19/h6,9H,3-5H2,1-2H3,(H2,17,18,19). The van der Waals surface area contributed by atoms with E-state index in [-0.39, 0.29) is 29.6 Å². The van der Waals surface area contributed by atoms with Crippen LogP contribution in [0.15, 0.2) is 9.80 Å². The first kappa shape index (κ1) is 16.4. The lowest BCUT2D eigenvalue weighted by Gasteiger charge is -2.17. The van der Waals surface area contributed by atoms with E-state index in [1.807, 2.05) is 6.92 Å². The van der Waals surface area contributed by atoms with Gasteiger partial charge in [-0.25, -0.2) is 4.98 Å². The quantitative estimate of drug-likeness (QED) is 0.634. The number of nitrogens with zero attached hydrogens (tertiary/aromatic N) is 1. The van der Waals surface area contributed by atoms with E-state index in [1.54, 1.807) is 5.38 Å². The average Bonchev–Trinajstić information content (AvgIpc) is 2.97. The molecule has 1 aliphatic rings. The van der Waals surface area contributed by atoms with Crippen molar-refractivity contribution in [3.63, 3.8) is 0 Å². The molecule has 1 unspecified atom stereocenters. The first-order valence-corrected chi connectivity index (χ1v) is 9.51. The smallest absolute Gasteiger partial charge is 0.360 e. The zero-order valence-electron chi connectivity index (χ0n) is 12.6. The topological polar surface area (TPSA) is 110 Å². The third-order valence-corrected chi connectivity index (χ3v) is 5.49. The summed E-state index contributed by atoms with van der Waals surface area (Å²) in [6.45, 7) is 3.36. The summed E-state index contributed by atoms with van der Waals surface area (Å²) in [7, 11) is -4.51. The molecule has 3 heterocycles. The molecule has 0 radical (unpaired) electrons. The van der Waals surface area contributed by atoms with E-state index in [1.165, 1.54) is 18.3 Å². The Kier molecular flexibility index (Phi) is 4.18. The summed E-state index contributed by atoms with van der Waals surface area (Å²) in [4.78, 5) is 34.8. The molecule has 2 bridgehead atoms. The van der Waals surface area contributed by atoms with Crippen LogP contribution in [0, 0.1) is 12.8 Å². The van der Waals surface area contributed by atoms with E-state index < -0.39 is 7.60 Å². The molecule has 2 aromatic heterocycles. The molecule has 0 amide bonds. The zero-order chi connectivity index (χ0) is 16.8. The maximum Gasteiger partial charge on any atom is 0.360 e. The van der Waals surface area contributed by atoms with Crippen LogP contribution < -0.4 is 5.30 Å². The fraction of sp³-hybridized carbons (Fsp3) is 0.429. The second kappa shape index (κ2) is 5.87. The van der Waals surface area contributed by atoms with E-state index in [4.69, 9.17) is 9.15 Å². The van der Waals surface area contributed by atoms with Crippen LogP contribution in [0.2, 0.25) is 0 Å². The van der Waals surface area contributed by atoms with E-state index in [0.29, 0.717) is 29.9 Å². The number of aryl methyl sites for hydroxylation is 1. The number of ether oxygens (including phenoxy) is 1. The number of carbonyl (C=O) groups excluding carboxylic acids is 1. The fourth-order valence-electron chi connectivity index (χ4n) is 2.80. The molecule has 23 heavy (non-hydrogen) atoms. The van der Waals surface area contributed by atoms with Gasteiger partial charge in [-0.05, 0) is 6.92 Å². The third-order valence-electron chi connectivity index (χ3n) is 3.66. The normalized spacial score (nSPS) is 17.3. The van der Waals surface area contributed by atoms with Gasteiger partial charge in [0.1, 0.15) is 16.8 Å². The van der Waals surface area contributed by atoms with Gasteiger partial charge in [0.25, 0.3) is 0 Å². The van der Waals surface area contributed by atoms with Gasteiger partial charge in [0.05, 0.1) is 22.9 Å². The first-order chi connectivity index (χ1) is 10.8. The Morgan fingerprint density at radius 2 is 2.17 bits per heavy atom. The van der Waals surface area contributed by atoms with Gasteiger partial charge in [-0.2, -0.15) is 0 Å². The van der Waals surface area contributed by atoms with E-state index in [2.05, 4.69) is 4.98 Å². The van der Waals surface area contributed by atoms with E-state index in [0.717, 1.165) is 5.01 Å². The predicted octanol–water partition coefficient (Wildman–Crippen LogP) is 1.79. The average molecular weight is 357 g/mol.